The Morgan fingerprint density at radius 1 is 1.43 bits per heavy atom. The minimum atomic E-state index is -0.813. The largest absolute Gasteiger partial charge is 0.481 e. The summed E-state index contributed by atoms with van der Waals surface area (Å²) < 4.78 is 5.71. The molecule has 0 saturated carbocycles. The molecule has 23 heavy (non-hydrogen) atoms. The van der Waals surface area contributed by atoms with Crippen molar-refractivity contribution in [3.05, 3.63) is 42.1 Å². The number of benzene rings is 1. The molecule has 1 aromatic carbocycles. The number of aromatic nitrogens is 1. The van der Waals surface area contributed by atoms with Gasteiger partial charge in [-0.15, -0.1) is 0 Å². The minimum absolute atomic E-state index is 0.0498. The average Bonchev–Trinajstić information content (AvgIpc) is 2.50. The second-order valence-electron chi connectivity index (χ2n) is 6.75. The first-order valence-electron chi connectivity index (χ1n) is 7.86. The lowest BCUT2D eigenvalue weighted by molar-refractivity contribution is -0.147. The third-order valence-electron chi connectivity index (χ3n) is 4.40. The fourth-order valence-electron chi connectivity index (χ4n) is 3.00. The fourth-order valence-corrected chi connectivity index (χ4v) is 3.00. The Morgan fingerprint density at radius 3 is 3.04 bits per heavy atom. The number of aliphatic carboxylic acids is 1. The van der Waals surface area contributed by atoms with Crippen molar-refractivity contribution in [3.63, 3.8) is 0 Å². The Labute approximate surface area is 135 Å². The molecule has 1 atom stereocenters. The maximum absolute atomic E-state index is 10.9. The van der Waals surface area contributed by atoms with E-state index in [4.69, 9.17) is 9.84 Å². The van der Waals surface area contributed by atoms with E-state index in [0.717, 1.165) is 17.4 Å². The van der Waals surface area contributed by atoms with Crippen molar-refractivity contribution in [2.75, 3.05) is 13.2 Å². The molecule has 0 radical (unpaired) electrons. The first-order chi connectivity index (χ1) is 10.9. The van der Waals surface area contributed by atoms with Crippen molar-refractivity contribution in [3.8, 4) is 0 Å². The summed E-state index contributed by atoms with van der Waals surface area (Å²) in [4.78, 5) is 17.6. The van der Waals surface area contributed by atoms with Gasteiger partial charge in [0.25, 0.3) is 0 Å². The number of fused-ring (bicyclic) bond motifs is 1. The highest BCUT2D eigenvalue weighted by atomic mass is 16.5. The predicted molar refractivity (Wildman–Crippen MR) is 88.2 cm³/mol. The predicted octanol–water partition coefficient (Wildman–Crippen LogP) is 2.69. The quantitative estimate of drug-likeness (QED) is 0.940. The van der Waals surface area contributed by atoms with Crippen molar-refractivity contribution < 1.29 is 14.6 Å². The summed E-state index contributed by atoms with van der Waals surface area (Å²) in [6.07, 6.45) is 1.60. The molecule has 0 aliphatic carbocycles. The summed E-state index contributed by atoms with van der Waals surface area (Å²) in [5.41, 5.74) is 2.08. The van der Waals surface area contributed by atoms with Gasteiger partial charge in [-0.2, -0.15) is 0 Å². The lowest BCUT2D eigenvalue weighted by Crippen LogP contribution is -2.55. The van der Waals surface area contributed by atoms with E-state index in [1.54, 1.807) is 6.20 Å². The molecule has 1 aromatic heterocycles. The van der Waals surface area contributed by atoms with Gasteiger partial charge in [0.15, 0.2) is 0 Å². The number of hydrogen-bond acceptors (Lipinski definition) is 4. The molecule has 0 amide bonds. The number of carboxylic acids is 1. The van der Waals surface area contributed by atoms with E-state index in [1.807, 2.05) is 12.1 Å². The van der Waals surface area contributed by atoms with E-state index in [2.05, 4.69) is 41.9 Å². The molecule has 5 nitrogen and oxygen atoms in total. The second-order valence-corrected chi connectivity index (χ2v) is 6.75. The van der Waals surface area contributed by atoms with Crippen LogP contribution in [0.1, 0.15) is 25.8 Å². The molecule has 1 saturated heterocycles. The molecule has 2 aromatic rings. The van der Waals surface area contributed by atoms with Gasteiger partial charge in [-0.3, -0.25) is 14.7 Å². The fraction of sp³-hybridized carbons (Fsp3) is 0.444. The molecule has 3 rings (SSSR count). The standard InChI is InChI=1S/C18H22N2O3/c1-18(2)12-23-15(9-17(21)22)11-20(18)10-13-5-6-16-14(8-13)4-3-7-19-16/h3-8,15H,9-12H2,1-2H3,(H,21,22). The number of pyridine rings is 1. The zero-order valence-corrected chi connectivity index (χ0v) is 13.5. The van der Waals surface area contributed by atoms with E-state index in [1.165, 1.54) is 5.56 Å². The van der Waals surface area contributed by atoms with Crippen molar-refractivity contribution in [1.29, 1.82) is 0 Å². The molecule has 122 valence electrons. The van der Waals surface area contributed by atoms with Crippen LogP contribution < -0.4 is 0 Å². The minimum Gasteiger partial charge on any atom is -0.481 e. The van der Waals surface area contributed by atoms with Crippen LogP contribution in [-0.4, -0.2) is 45.8 Å². The number of morpholine rings is 1. The third-order valence-corrected chi connectivity index (χ3v) is 4.40. The van der Waals surface area contributed by atoms with Crippen molar-refractivity contribution in [1.82, 2.24) is 9.88 Å². The van der Waals surface area contributed by atoms with Crippen LogP contribution in [0.25, 0.3) is 10.9 Å². The van der Waals surface area contributed by atoms with E-state index in [9.17, 15) is 4.79 Å². The summed E-state index contributed by atoms with van der Waals surface area (Å²) in [7, 11) is 0. The van der Waals surface area contributed by atoms with Crippen LogP contribution in [0.3, 0.4) is 0 Å². The van der Waals surface area contributed by atoms with Crippen LogP contribution in [0.15, 0.2) is 36.5 Å². The first kappa shape index (κ1) is 15.9. The molecule has 1 unspecified atom stereocenters. The molecular weight excluding hydrogens is 292 g/mol. The zero-order valence-electron chi connectivity index (χ0n) is 13.5. The smallest absolute Gasteiger partial charge is 0.306 e. The molecule has 5 heteroatoms. The van der Waals surface area contributed by atoms with Gasteiger partial charge in [0.1, 0.15) is 0 Å². The number of ether oxygens (including phenoxy) is 1. The zero-order chi connectivity index (χ0) is 16.4. The summed E-state index contributed by atoms with van der Waals surface area (Å²) in [6.45, 7) is 6.21. The summed E-state index contributed by atoms with van der Waals surface area (Å²) in [5, 5.41) is 10.1. The normalized spacial score (nSPS) is 21.4. The van der Waals surface area contributed by atoms with E-state index in [0.29, 0.717) is 13.2 Å². The Morgan fingerprint density at radius 2 is 2.26 bits per heavy atom. The van der Waals surface area contributed by atoms with Crippen LogP contribution >= 0.6 is 0 Å². The third kappa shape index (κ3) is 3.68. The maximum Gasteiger partial charge on any atom is 0.306 e. The van der Waals surface area contributed by atoms with Crippen molar-refractivity contribution >= 4 is 16.9 Å². The highest BCUT2D eigenvalue weighted by molar-refractivity contribution is 5.78. The van der Waals surface area contributed by atoms with E-state index in [-0.39, 0.29) is 18.1 Å². The van der Waals surface area contributed by atoms with Crippen molar-refractivity contribution in [2.45, 2.75) is 38.5 Å². The summed E-state index contributed by atoms with van der Waals surface area (Å²) in [6, 6.07) is 10.3. The monoisotopic (exact) mass is 314 g/mol. The van der Waals surface area contributed by atoms with Gasteiger partial charge in [0, 0.05) is 30.2 Å². The lowest BCUT2D eigenvalue weighted by Gasteiger charge is -2.45. The van der Waals surface area contributed by atoms with E-state index >= 15 is 0 Å². The average molecular weight is 314 g/mol. The number of carbonyl (C=O) groups is 1. The molecule has 1 aliphatic rings. The van der Waals surface area contributed by atoms with Crippen LogP contribution in [0, 0.1) is 0 Å². The molecule has 2 heterocycles. The highest BCUT2D eigenvalue weighted by Crippen LogP contribution is 2.26. The topological polar surface area (TPSA) is 62.7 Å². The Kier molecular flexibility index (Phi) is 4.33. The second kappa shape index (κ2) is 6.26. The van der Waals surface area contributed by atoms with Gasteiger partial charge >= 0.3 is 5.97 Å². The SMILES string of the molecule is CC1(C)COC(CC(=O)O)CN1Cc1ccc2ncccc2c1. The number of rotatable bonds is 4. The van der Waals surface area contributed by atoms with Crippen LogP contribution in [0.2, 0.25) is 0 Å². The number of hydrogen-bond donors (Lipinski definition) is 1. The van der Waals surface area contributed by atoms with Crippen LogP contribution in [0.4, 0.5) is 0 Å². The molecular formula is C18H22N2O3. The Bertz CT molecular complexity index is 714. The summed E-state index contributed by atoms with van der Waals surface area (Å²) >= 11 is 0. The number of nitrogens with zero attached hydrogens (tertiary/aromatic N) is 2. The van der Waals surface area contributed by atoms with Crippen molar-refractivity contribution in [2.24, 2.45) is 0 Å². The first-order valence-corrected chi connectivity index (χ1v) is 7.86. The van der Waals surface area contributed by atoms with Crippen LogP contribution in [-0.2, 0) is 16.1 Å². The Balaban J connectivity index is 1.78. The molecule has 0 spiro atoms. The number of carboxylic acid groups (broad SMARTS) is 1. The summed E-state index contributed by atoms with van der Waals surface area (Å²) in [5.74, 6) is -0.813. The van der Waals surface area contributed by atoms with Gasteiger partial charge in [0.2, 0.25) is 0 Å². The van der Waals surface area contributed by atoms with Crippen LogP contribution in [0.5, 0.6) is 0 Å². The molecule has 1 N–H and O–H groups in total. The van der Waals surface area contributed by atoms with Gasteiger partial charge in [-0.05, 0) is 37.6 Å². The van der Waals surface area contributed by atoms with Gasteiger partial charge in [-0.1, -0.05) is 12.1 Å². The molecule has 1 aliphatic heterocycles. The Hall–Kier alpha value is -1.98. The maximum atomic E-state index is 10.9. The van der Waals surface area contributed by atoms with E-state index < -0.39 is 5.97 Å². The lowest BCUT2D eigenvalue weighted by atomic mass is 9.98. The molecule has 1 fully saturated rings. The highest BCUT2D eigenvalue weighted by Gasteiger charge is 2.35. The van der Waals surface area contributed by atoms with Gasteiger partial charge in [-0.25, -0.2) is 0 Å². The van der Waals surface area contributed by atoms with Gasteiger partial charge in [0.05, 0.1) is 24.6 Å². The molecule has 0 bridgehead atoms. The van der Waals surface area contributed by atoms with Gasteiger partial charge < -0.3 is 9.84 Å².